The van der Waals surface area contributed by atoms with Crippen molar-refractivity contribution < 1.29 is 4.79 Å². The molecule has 0 fully saturated rings. The maximum Gasteiger partial charge on any atom is 0.320 e. The van der Waals surface area contributed by atoms with Crippen molar-refractivity contribution >= 4 is 33.7 Å². The number of nitrogens with zero attached hydrogens (tertiary/aromatic N) is 1. The van der Waals surface area contributed by atoms with Gasteiger partial charge in [-0.05, 0) is 87.4 Å². The lowest BCUT2D eigenvalue weighted by Crippen LogP contribution is -2.28. The monoisotopic (exact) mass is 440 g/mol. The lowest BCUT2D eigenvalue weighted by atomic mass is 9.96. The second-order valence-corrected chi connectivity index (χ2v) is 10.3. The SMILES string of the molecule is Cc1c(NC(=O)NCc2c(-n3cccc3)sc3c2CCNCC3)sc2c1CCCC2. The lowest BCUT2D eigenvalue weighted by molar-refractivity contribution is 0.252. The van der Waals surface area contributed by atoms with E-state index in [9.17, 15) is 4.79 Å². The number of aryl methyl sites for hydroxylation is 1. The molecule has 30 heavy (non-hydrogen) atoms. The van der Waals surface area contributed by atoms with Crippen molar-refractivity contribution in [1.82, 2.24) is 15.2 Å². The Bertz CT molecular complexity index is 1050. The molecule has 4 heterocycles. The average Bonchev–Trinajstić information content (AvgIpc) is 3.42. The van der Waals surface area contributed by atoms with Gasteiger partial charge in [0.1, 0.15) is 5.00 Å². The molecule has 0 saturated carbocycles. The van der Waals surface area contributed by atoms with Gasteiger partial charge in [-0.2, -0.15) is 0 Å². The van der Waals surface area contributed by atoms with Crippen LogP contribution >= 0.6 is 22.7 Å². The van der Waals surface area contributed by atoms with Crippen LogP contribution in [0.25, 0.3) is 5.00 Å². The van der Waals surface area contributed by atoms with E-state index >= 15 is 0 Å². The third-order valence-electron chi connectivity index (χ3n) is 6.19. The summed E-state index contributed by atoms with van der Waals surface area (Å²) in [6.45, 7) is 4.71. The molecule has 2 amide bonds. The molecule has 7 heteroatoms. The predicted octanol–water partition coefficient (Wildman–Crippen LogP) is 4.80. The maximum absolute atomic E-state index is 12.8. The minimum Gasteiger partial charge on any atom is -0.334 e. The number of fused-ring (bicyclic) bond motifs is 2. The Hall–Kier alpha value is -2.09. The second kappa shape index (κ2) is 8.57. The van der Waals surface area contributed by atoms with Crippen LogP contribution in [0.5, 0.6) is 0 Å². The van der Waals surface area contributed by atoms with Gasteiger partial charge in [-0.15, -0.1) is 22.7 Å². The summed E-state index contributed by atoms with van der Waals surface area (Å²) < 4.78 is 2.18. The first-order valence-corrected chi connectivity index (χ1v) is 12.5. The highest BCUT2D eigenvalue weighted by atomic mass is 32.1. The molecule has 0 atom stereocenters. The molecule has 158 valence electrons. The van der Waals surface area contributed by atoms with Gasteiger partial charge in [-0.1, -0.05) is 0 Å². The van der Waals surface area contributed by atoms with E-state index in [0.29, 0.717) is 6.54 Å². The fraction of sp³-hybridized carbons (Fsp3) is 0.435. The Balaban J connectivity index is 1.34. The number of hydrogen-bond donors (Lipinski definition) is 3. The first-order chi connectivity index (χ1) is 14.7. The van der Waals surface area contributed by atoms with Gasteiger partial charge in [0.05, 0.1) is 5.00 Å². The molecule has 0 unspecified atom stereocenters. The molecule has 3 aromatic heterocycles. The quantitative estimate of drug-likeness (QED) is 0.546. The number of nitrogens with one attached hydrogen (secondary N) is 3. The van der Waals surface area contributed by atoms with Crippen molar-refractivity contribution in [2.45, 2.75) is 52.0 Å². The van der Waals surface area contributed by atoms with Crippen molar-refractivity contribution in [3.05, 3.63) is 56.5 Å². The minimum atomic E-state index is -0.109. The second-order valence-electron chi connectivity index (χ2n) is 8.10. The van der Waals surface area contributed by atoms with Gasteiger partial charge < -0.3 is 15.2 Å². The largest absolute Gasteiger partial charge is 0.334 e. The van der Waals surface area contributed by atoms with Gasteiger partial charge in [0.15, 0.2) is 0 Å². The van der Waals surface area contributed by atoms with Crippen molar-refractivity contribution in [3.8, 4) is 5.00 Å². The number of carbonyl (C=O) groups excluding carboxylic acids is 1. The molecule has 0 aromatic carbocycles. The molecular weight excluding hydrogens is 412 g/mol. The molecule has 0 bridgehead atoms. The van der Waals surface area contributed by atoms with Crippen LogP contribution in [0.3, 0.4) is 0 Å². The first kappa shape index (κ1) is 19.8. The van der Waals surface area contributed by atoms with E-state index in [1.165, 1.54) is 49.9 Å². The normalized spacial score (nSPS) is 15.9. The minimum absolute atomic E-state index is 0.109. The third kappa shape index (κ3) is 3.82. The Labute approximate surface area is 185 Å². The summed E-state index contributed by atoms with van der Waals surface area (Å²) in [4.78, 5) is 15.7. The Morgan fingerprint density at radius 3 is 2.63 bits per heavy atom. The summed E-state index contributed by atoms with van der Waals surface area (Å²) in [5.74, 6) is 0. The standard InChI is InChI=1S/C23H28N4OS2/c1-15-16-6-2-3-7-19(16)29-21(15)26-23(28)25-14-18-17-8-10-24-11-9-20(17)30-22(18)27-12-4-5-13-27/h4-5,12-13,24H,2-3,6-11,14H2,1H3,(H2,25,26,28). The molecule has 3 N–H and O–H groups in total. The van der Waals surface area contributed by atoms with Gasteiger partial charge in [-0.25, -0.2) is 4.79 Å². The summed E-state index contributed by atoms with van der Waals surface area (Å²) >= 11 is 3.62. The number of thiophene rings is 2. The summed E-state index contributed by atoms with van der Waals surface area (Å²) in [7, 11) is 0. The number of amides is 2. The van der Waals surface area contributed by atoms with Crippen molar-refractivity contribution in [1.29, 1.82) is 0 Å². The van der Waals surface area contributed by atoms with Gasteiger partial charge >= 0.3 is 6.03 Å². The van der Waals surface area contributed by atoms with E-state index in [-0.39, 0.29) is 6.03 Å². The van der Waals surface area contributed by atoms with Crippen LogP contribution in [-0.4, -0.2) is 23.7 Å². The molecule has 5 nitrogen and oxygen atoms in total. The molecule has 0 radical (unpaired) electrons. The fourth-order valence-electron chi connectivity index (χ4n) is 4.59. The Morgan fingerprint density at radius 2 is 1.80 bits per heavy atom. The van der Waals surface area contributed by atoms with E-state index < -0.39 is 0 Å². The van der Waals surface area contributed by atoms with Gasteiger partial charge in [0.25, 0.3) is 0 Å². The Kier molecular flexibility index (Phi) is 5.67. The summed E-state index contributed by atoms with van der Waals surface area (Å²) in [6.07, 6.45) is 11.1. The van der Waals surface area contributed by atoms with Crippen LogP contribution in [0.2, 0.25) is 0 Å². The van der Waals surface area contributed by atoms with E-state index in [0.717, 1.165) is 43.8 Å². The predicted molar refractivity (Wildman–Crippen MR) is 125 cm³/mol. The van der Waals surface area contributed by atoms with Crippen molar-refractivity contribution in [2.75, 3.05) is 18.4 Å². The van der Waals surface area contributed by atoms with Crippen LogP contribution in [0.1, 0.15) is 44.8 Å². The number of anilines is 1. The highest BCUT2D eigenvalue weighted by Crippen LogP contribution is 2.37. The van der Waals surface area contributed by atoms with E-state index in [1.54, 1.807) is 11.3 Å². The Morgan fingerprint density at radius 1 is 1.03 bits per heavy atom. The molecule has 3 aromatic rings. The van der Waals surface area contributed by atoms with Crippen LogP contribution in [0, 0.1) is 6.92 Å². The highest BCUT2D eigenvalue weighted by molar-refractivity contribution is 7.16. The average molecular weight is 441 g/mol. The maximum atomic E-state index is 12.8. The molecule has 0 spiro atoms. The number of rotatable bonds is 4. The van der Waals surface area contributed by atoms with Crippen molar-refractivity contribution in [3.63, 3.8) is 0 Å². The number of carbonyl (C=O) groups is 1. The van der Waals surface area contributed by atoms with E-state index in [4.69, 9.17) is 0 Å². The van der Waals surface area contributed by atoms with E-state index in [1.807, 2.05) is 11.3 Å². The lowest BCUT2D eigenvalue weighted by Gasteiger charge is -2.12. The smallest absolute Gasteiger partial charge is 0.320 e. The van der Waals surface area contributed by atoms with Crippen molar-refractivity contribution in [2.24, 2.45) is 0 Å². The molecule has 1 aliphatic heterocycles. The molecular formula is C23H28N4OS2. The van der Waals surface area contributed by atoms with Crippen LogP contribution in [-0.2, 0) is 32.2 Å². The van der Waals surface area contributed by atoms with Gasteiger partial charge in [0.2, 0.25) is 0 Å². The van der Waals surface area contributed by atoms with Gasteiger partial charge in [-0.3, -0.25) is 5.32 Å². The van der Waals surface area contributed by atoms with E-state index in [2.05, 4.69) is 52.0 Å². The summed E-state index contributed by atoms with van der Waals surface area (Å²) in [6, 6.07) is 4.00. The zero-order chi connectivity index (χ0) is 20.5. The number of hydrogen-bond acceptors (Lipinski definition) is 4. The molecule has 2 aliphatic rings. The zero-order valence-corrected chi connectivity index (χ0v) is 19.0. The van der Waals surface area contributed by atoms with Gasteiger partial charge in [0, 0.05) is 34.3 Å². The zero-order valence-electron chi connectivity index (χ0n) is 17.3. The topological polar surface area (TPSA) is 58.1 Å². The van der Waals surface area contributed by atoms with Crippen LogP contribution < -0.4 is 16.0 Å². The summed E-state index contributed by atoms with van der Waals surface area (Å²) in [5, 5.41) is 12.0. The molecule has 5 rings (SSSR count). The third-order valence-corrected chi connectivity index (χ3v) is 8.84. The molecule has 0 saturated heterocycles. The molecule has 1 aliphatic carbocycles. The summed E-state index contributed by atoms with van der Waals surface area (Å²) in [5.41, 5.74) is 5.39. The first-order valence-electron chi connectivity index (χ1n) is 10.8. The van der Waals surface area contributed by atoms with Crippen LogP contribution in [0.4, 0.5) is 9.80 Å². The highest BCUT2D eigenvalue weighted by Gasteiger charge is 2.22. The number of urea groups is 1. The van der Waals surface area contributed by atoms with Crippen LogP contribution in [0.15, 0.2) is 24.5 Å². The fourth-order valence-corrected chi connectivity index (χ4v) is 7.21. The number of aromatic nitrogens is 1.